The summed E-state index contributed by atoms with van der Waals surface area (Å²) in [6.45, 7) is 14.4. The highest BCUT2D eigenvalue weighted by atomic mass is 16.5. The molecule has 0 amide bonds. The summed E-state index contributed by atoms with van der Waals surface area (Å²) < 4.78 is 7.15. The van der Waals surface area contributed by atoms with Crippen molar-refractivity contribution in [1.29, 1.82) is 0 Å². The van der Waals surface area contributed by atoms with Crippen LogP contribution in [0.2, 0.25) is 0 Å². The van der Waals surface area contributed by atoms with Crippen molar-refractivity contribution in [1.82, 2.24) is 20.4 Å². The molecule has 1 aromatic rings. The van der Waals surface area contributed by atoms with Crippen LogP contribution in [0.1, 0.15) is 57.0 Å². The van der Waals surface area contributed by atoms with Gasteiger partial charge in [-0.15, -0.1) is 0 Å². The second kappa shape index (κ2) is 12.0. The van der Waals surface area contributed by atoms with E-state index in [2.05, 4.69) is 43.4 Å². The second-order valence-corrected chi connectivity index (χ2v) is 7.09. The Bertz CT molecular complexity index is 579. The van der Waals surface area contributed by atoms with Crippen LogP contribution in [0.3, 0.4) is 0 Å². The van der Waals surface area contributed by atoms with E-state index in [9.17, 15) is 5.11 Å². The lowest BCUT2D eigenvalue weighted by Crippen LogP contribution is -2.43. The molecule has 7 nitrogen and oxygen atoms in total. The average molecular weight is 382 g/mol. The second-order valence-electron chi connectivity index (χ2n) is 7.09. The van der Waals surface area contributed by atoms with E-state index in [1.807, 2.05) is 11.6 Å². The van der Waals surface area contributed by atoms with Gasteiger partial charge in [-0.3, -0.25) is 4.68 Å². The highest BCUT2D eigenvalue weighted by Crippen LogP contribution is 2.29. The summed E-state index contributed by atoms with van der Waals surface area (Å²) in [5.41, 5.74) is 3.42. The molecule has 0 aliphatic heterocycles. The highest BCUT2D eigenvalue weighted by molar-refractivity contribution is 5.79. The number of aliphatic imine (C=N–C) groups is 1. The van der Waals surface area contributed by atoms with Crippen LogP contribution >= 0.6 is 0 Å². The number of hydrogen-bond acceptors (Lipinski definition) is 4. The molecule has 7 heteroatoms. The van der Waals surface area contributed by atoms with Gasteiger partial charge in [-0.1, -0.05) is 13.8 Å². The normalized spacial score (nSPS) is 12.5. The summed E-state index contributed by atoms with van der Waals surface area (Å²) in [7, 11) is 1.70. The van der Waals surface area contributed by atoms with Gasteiger partial charge in [-0.2, -0.15) is 5.10 Å². The average Bonchev–Trinajstić information content (AvgIpc) is 2.94. The van der Waals surface area contributed by atoms with Crippen molar-refractivity contribution in [2.24, 2.45) is 10.4 Å². The van der Waals surface area contributed by atoms with Gasteiger partial charge in [0.05, 0.1) is 25.4 Å². The lowest BCUT2D eigenvalue weighted by molar-refractivity contribution is 0.169. The maximum Gasteiger partial charge on any atom is 0.191 e. The Hall–Kier alpha value is -1.60. The van der Waals surface area contributed by atoms with E-state index in [1.54, 1.807) is 7.11 Å². The highest BCUT2D eigenvalue weighted by Gasteiger charge is 2.25. The van der Waals surface area contributed by atoms with Crippen LogP contribution in [0.15, 0.2) is 4.99 Å². The van der Waals surface area contributed by atoms with Crippen molar-refractivity contribution < 1.29 is 9.84 Å². The van der Waals surface area contributed by atoms with E-state index in [-0.39, 0.29) is 12.0 Å². The first-order valence-corrected chi connectivity index (χ1v) is 10.1. The lowest BCUT2D eigenvalue weighted by Gasteiger charge is -2.32. The molecule has 0 aliphatic carbocycles. The minimum atomic E-state index is 0.0990. The van der Waals surface area contributed by atoms with Gasteiger partial charge in [0.25, 0.3) is 0 Å². The number of rotatable bonds is 12. The Balaban J connectivity index is 2.86. The van der Waals surface area contributed by atoms with Gasteiger partial charge in [0, 0.05) is 38.1 Å². The SMILES string of the molecule is CCNC(=NCc1c(C)nn(CCOC)c1C)NCC(CC)(CC)CCO. The van der Waals surface area contributed by atoms with Crippen LogP contribution < -0.4 is 10.6 Å². The minimum Gasteiger partial charge on any atom is -0.396 e. The predicted molar refractivity (Wildman–Crippen MR) is 111 cm³/mol. The zero-order chi connectivity index (χ0) is 20.3. The van der Waals surface area contributed by atoms with Crippen molar-refractivity contribution in [3.63, 3.8) is 0 Å². The number of hydrogen-bond donors (Lipinski definition) is 3. The largest absolute Gasteiger partial charge is 0.396 e. The first-order valence-electron chi connectivity index (χ1n) is 10.1. The molecular formula is C20H39N5O2. The van der Waals surface area contributed by atoms with E-state index in [4.69, 9.17) is 9.73 Å². The number of guanidine groups is 1. The number of aliphatic hydroxyl groups excluding tert-OH is 1. The summed E-state index contributed by atoms with van der Waals surface area (Å²) in [4.78, 5) is 4.78. The fraction of sp³-hybridized carbons (Fsp3) is 0.800. The van der Waals surface area contributed by atoms with E-state index < -0.39 is 0 Å². The van der Waals surface area contributed by atoms with Crippen molar-refractivity contribution >= 4 is 5.96 Å². The molecule has 0 aliphatic rings. The Labute approximate surface area is 164 Å². The molecule has 0 unspecified atom stereocenters. The molecule has 0 saturated heterocycles. The molecule has 0 spiro atoms. The van der Waals surface area contributed by atoms with Crippen molar-refractivity contribution in [2.75, 3.05) is 33.4 Å². The van der Waals surface area contributed by atoms with Crippen LogP contribution in [-0.4, -0.2) is 54.3 Å². The van der Waals surface area contributed by atoms with Gasteiger partial charge >= 0.3 is 0 Å². The molecule has 0 atom stereocenters. The van der Waals surface area contributed by atoms with Gasteiger partial charge in [0.1, 0.15) is 0 Å². The number of aromatic nitrogens is 2. The molecule has 0 bridgehead atoms. The third-order valence-corrected chi connectivity index (χ3v) is 5.55. The summed E-state index contributed by atoms with van der Waals surface area (Å²) >= 11 is 0. The lowest BCUT2D eigenvalue weighted by atomic mass is 9.79. The Morgan fingerprint density at radius 3 is 2.48 bits per heavy atom. The van der Waals surface area contributed by atoms with E-state index in [1.165, 1.54) is 0 Å². The van der Waals surface area contributed by atoms with Gasteiger partial charge < -0.3 is 20.5 Å². The van der Waals surface area contributed by atoms with Crippen molar-refractivity contribution in [2.45, 2.75) is 67.0 Å². The summed E-state index contributed by atoms with van der Waals surface area (Å²) in [5.74, 6) is 0.810. The third kappa shape index (κ3) is 6.81. The van der Waals surface area contributed by atoms with Crippen LogP contribution in [0.25, 0.3) is 0 Å². The monoisotopic (exact) mass is 381 g/mol. The standard InChI is InChI=1S/C20H39N5O2/c1-7-20(8-2,10-12-26)15-23-19(21-9-3)22-14-18-16(4)24-25(17(18)5)11-13-27-6/h26H,7-15H2,1-6H3,(H2,21,22,23). The van der Waals surface area contributed by atoms with Crippen LogP contribution in [0, 0.1) is 19.3 Å². The first-order chi connectivity index (χ1) is 13.0. The first kappa shape index (κ1) is 23.4. The minimum absolute atomic E-state index is 0.0990. The smallest absolute Gasteiger partial charge is 0.191 e. The molecule has 27 heavy (non-hydrogen) atoms. The van der Waals surface area contributed by atoms with E-state index >= 15 is 0 Å². The molecule has 1 rings (SSSR count). The molecule has 1 aromatic heterocycles. The number of nitrogens with zero attached hydrogens (tertiary/aromatic N) is 3. The molecule has 0 radical (unpaired) electrons. The molecular weight excluding hydrogens is 342 g/mol. The zero-order valence-corrected chi connectivity index (χ0v) is 18.1. The quantitative estimate of drug-likeness (QED) is 0.382. The fourth-order valence-electron chi connectivity index (χ4n) is 3.31. The fourth-order valence-corrected chi connectivity index (χ4v) is 3.31. The maximum atomic E-state index is 9.42. The number of methoxy groups -OCH3 is 1. The Kier molecular flexibility index (Phi) is 10.4. The topological polar surface area (TPSA) is 83.7 Å². The maximum absolute atomic E-state index is 9.42. The summed E-state index contributed by atoms with van der Waals surface area (Å²) in [5, 5.41) is 20.8. The van der Waals surface area contributed by atoms with E-state index in [0.29, 0.717) is 13.2 Å². The molecule has 1 heterocycles. The van der Waals surface area contributed by atoms with Crippen molar-refractivity contribution in [3.05, 3.63) is 17.0 Å². The number of ether oxygens (including phenoxy) is 1. The number of aryl methyl sites for hydroxylation is 1. The van der Waals surface area contributed by atoms with Gasteiger partial charge in [0.2, 0.25) is 0 Å². The van der Waals surface area contributed by atoms with Gasteiger partial charge in [-0.05, 0) is 45.4 Å². The number of nitrogens with one attached hydrogen (secondary N) is 2. The predicted octanol–water partition coefficient (Wildman–Crippen LogP) is 2.39. The summed E-state index contributed by atoms with van der Waals surface area (Å²) in [6, 6.07) is 0. The van der Waals surface area contributed by atoms with Crippen LogP contribution in [0.4, 0.5) is 0 Å². The summed E-state index contributed by atoms with van der Waals surface area (Å²) in [6.07, 6.45) is 2.86. The number of aliphatic hydroxyl groups is 1. The molecule has 0 aromatic carbocycles. The van der Waals surface area contributed by atoms with Crippen molar-refractivity contribution in [3.8, 4) is 0 Å². The molecule has 3 N–H and O–H groups in total. The van der Waals surface area contributed by atoms with Gasteiger partial charge in [-0.25, -0.2) is 4.99 Å². The Morgan fingerprint density at radius 2 is 1.93 bits per heavy atom. The molecule has 0 saturated carbocycles. The third-order valence-electron chi connectivity index (χ3n) is 5.55. The molecule has 0 fully saturated rings. The van der Waals surface area contributed by atoms with Crippen LogP contribution in [0.5, 0.6) is 0 Å². The van der Waals surface area contributed by atoms with Gasteiger partial charge in [0.15, 0.2) is 5.96 Å². The Morgan fingerprint density at radius 1 is 1.22 bits per heavy atom. The van der Waals surface area contributed by atoms with E-state index in [0.717, 1.165) is 61.8 Å². The molecule has 156 valence electrons. The zero-order valence-electron chi connectivity index (χ0n) is 18.1. The van der Waals surface area contributed by atoms with Crippen LogP contribution in [-0.2, 0) is 17.8 Å².